The first-order chi connectivity index (χ1) is 10.4. The third-order valence-corrected chi connectivity index (χ3v) is 3.32. The van der Waals surface area contributed by atoms with Gasteiger partial charge in [-0.3, -0.25) is 0 Å². The van der Waals surface area contributed by atoms with E-state index in [1.807, 2.05) is 36.4 Å². The Bertz CT molecular complexity index is 722. The quantitative estimate of drug-likeness (QED) is 0.749. The second-order valence-electron chi connectivity index (χ2n) is 4.75. The van der Waals surface area contributed by atoms with Crippen LogP contribution in [0.25, 0.3) is 11.0 Å². The molecule has 0 atom stereocenters. The lowest BCUT2D eigenvalue weighted by molar-refractivity contribution is 0.282. The standard InChI is InChI=1S/C16H16N4O/c21-10-13-5-3-12(4-6-13)7-9-18-16-14-2-1-8-17-15(14)19-11-20-16/h1-6,8,11,21H,7,9-10H2,(H,17,18,19,20). The fraction of sp³-hybridized carbons (Fsp3) is 0.188. The Morgan fingerprint density at radius 1 is 0.952 bits per heavy atom. The van der Waals surface area contributed by atoms with Crippen LogP contribution < -0.4 is 5.32 Å². The number of hydrogen-bond acceptors (Lipinski definition) is 5. The van der Waals surface area contributed by atoms with Crippen molar-refractivity contribution in [3.05, 3.63) is 60.0 Å². The van der Waals surface area contributed by atoms with Gasteiger partial charge >= 0.3 is 0 Å². The van der Waals surface area contributed by atoms with Crippen LogP contribution in [0.15, 0.2) is 48.9 Å². The minimum atomic E-state index is 0.0818. The van der Waals surface area contributed by atoms with Crippen LogP contribution in [-0.2, 0) is 13.0 Å². The summed E-state index contributed by atoms with van der Waals surface area (Å²) in [4.78, 5) is 12.6. The number of nitrogens with zero attached hydrogens (tertiary/aromatic N) is 3. The largest absolute Gasteiger partial charge is 0.392 e. The van der Waals surface area contributed by atoms with Gasteiger partial charge in [0.05, 0.1) is 12.0 Å². The number of aliphatic hydroxyl groups is 1. The molecule has 2 aromatic heterocycles. The van der Waals surface area contributed by atoms with Gasteiger partial charge in [-0.2, -0.15) is 0 Å². The topological polar surface area (TPSA) is 70.9 Å². The maximum absolute atomic E-state index is 9.02. The molecule has 0 aliphatic carbocycles. The zero-order valence-corrected chi connectivity index (χ0v) is 11.5. The summed E-state index contributed by atoms with van der Waals surface area (Å²) in [5.41, 5.74) is 2.85. The van der Waals surface area contributed by atoms with Crippen molar-refractivity contribution in [3.63, 3.8) is 0 Å². The van der Waals surface area contributed by atoms with E-state index >= 15 is 0 Å². The molecule has 0 saturated heterocycles. The summed E-state index contributed by atoms with van der Waals surface area (Å²) in [5, 5.41) is 13.3. The molecule has 5 heteroatoms. The Kier molecular flexibility index (Phi) is 4.02. The van der Waals surface area contributed by atoms with Crippen molar-refractivity contribution >= 4 is 16.9 Å². The summed E-state index contributed by atoms with van der Waals surface area (Å²) >= 11 is 0. The van der Waals surface area contributed by atoms with Crippen molar-refractivity contribution < 1.29 is 5.11 Å². The minimum absolute atomic E-state index is 0.0818. The summed E-state index contributed by atoms with van der Waals surface area (Å²) in [5.74, 6) is 0.806. The van der Waals surface area contributed by atoms with E-state index in [1.54, 1.807) is 6.20 Å². The average Bonchev–Trinajstić information content (AvgIpc) is 2.56. The molecule has 0 aliphatic rings. The molecule has 0 aliphatic heterocycles. The first kappa shape index (κ1) is 13.5. The van der Waals surface area contributed by atoms with Gasteiger partial charge < -0.3 is 10.4 Å². The third-order valence-electron chi connectivity index (χ3n) is 3.32. The number of aromatic nitrogens is 3. The molecule has 0 spiro atoms. The monoisotopic (exact) mass is 280 g/mol. The molecule has 5 nitrogen and oxygen atoms in total. The molecule has 21 heavy (non-hydrogen) atoms. The molecule has 3 rings (SSSR count). The van der Waals surface area contributed by atoms with Gasteiger partial charge in [0, 0.05) is 12.7 Å². The molecule has 0 bridgehead atoms. The number of fused-ring (bicyclic) bond motifs is 1. The molecular formula is C16H16N4O. The van der Waals surface area contributed by atoms with E-state index in [0.717, 1.165) is 29.7 Å². The van der Waals surface area contributed by atoms with Gasteiger partial charge in [0.15, 0.2) is 5.65 Å². The highest BCUT2D eigenvalue weighted by Crippen LogP contribution is 2.16. The highest BCUT2D eigenvalue weighted by Gasteiger charge is 2.03. The Labute approximate surface area is 122 Å². The van der Waals surface area contributed by atoms with Crippen molar-refractivity contribution in [3.8, 4) is 0 Å². The van der Waals surface area contributed by atoms with E-state index in [9.17, 15) is 0 Å². The molecule has 106 valence electrons. The number of benzene rings is 1. The van der Waals surface area contributed by atoms with Crippen molar-refractivity contribution in [1.82, 2.24) is 15.0 Å². The number of rotatable bonds is 5. The zero-order valence-electron chi connectivity index (χ0n) is 11.5. The van der Waals surface area contributed by atoms with Gasteiger partial charge in [0.25, 0.3) is 0 Å². The summed E-state index contributed by atoms with van der Waals surface area (Å²) in [6, 6.07) is 11.8. The van der Waals surface area contributed by atoms with Gasteiger partial charge in [0.1, 0.15) is 12.1 Å². The summed E-state index contributed by atoms with van der Waals surface area (Å²) in [6.07, 6.45) is 4.13. The second-order valence-corrected chi connectivity index (χ2v) is 4.75. The average molecular weight is 280 g/mol. The third kappa shape index (κ3) is 3.14. The Balaban J connectivity index is 1.66. The molecule has 0 saturated carbocycles. The van der Waals surface area contributed by atoms with E-state index in [2.05, 4.69) is 20.3 Å². The van der Waals surface area contributed by atoms with Crippen molar-refractivity contribution in [2.24, 2.45) is 0 Å². The Hall–Kier alpha value is -2.53. The van der Waals surface area contributed by atoms with E-state index in [0.29, 0.717) is 5.65 Å². The first-order valence-electron chi connectivity index (χ1n) is 6.85. The van der Waals surface area contributed by atoms with Gasteiger partial charge in [-0.05, 0) is 29.7 Å². The van der Waals surface area contributed by atoms with Crippen LogP contribution in [0.5, 0.6) is 0 Å². The molecular weight excluding hydrogens is 264 g/mol. The SMILES string of the molecule is OCc1ccc(CCNc2ncnc3ncccc23)cc1. The smallest absolute Gasteiger partial charge is 0.164 e. The van der Waals surface area contributed by atoms with E-state index in [4.69, 9.17) is 5.11 Å². The maximum Gasteiger partial charge on any atom is 0.164 e. The fourth-order valence-corrected chi connectivity index (χ4v) is 2.17. The highest BCUT2D eigenvalue weighted by atomic mass is 16.3. The van der Waals surface area contributed by atoms with Gasteiger partial charge in [-0.15, -0.1) is 0 Å². The van der Waals surface area contributed by atoms with Crippen molar-refractivity contribution in [2.75, 3.05) is 11.9 Å². The number of aliphatic hydroxyl groups excluding tert-OH is 1. The Morgan fingerprint density at radius 2 is 1.76 bits per heavy atom. The first-order valence-corrected chi connectivity index (χ1v) is 6.85. The van der Waals surface area contributed by atoms with Gasteiger partial charge in [-0.1, -0.05) is 24.3 Å². The second kappa shape index (κ2) is 6.28. The molecule has 0 amide bonds. The predicted octanol–water partition coefficient (Wildman–Crippen LogP) is 2.17. The summed E-state index contributed by atoms with van der Waals surface area (Å²) in [6.45, 7) is 0.859. The zero-order chi connectivity index (χ0) is 14.5. The number of nitrogens with one attached hydrogen (secondary N) is 1. The Morgan fingerprint density at radius 3 is 2.57 bits per heavy atom. The van der Waals surface area contributed by atoms with Crippen molar-refractivity contribution in [1.29, 1.82) is 0 Å². The summed E-state index contributed by atoms with van der Waals surface area (Å²) < 4.78 is 0. The van der Waals surface area contributed by atoms with Crippen LogP contribution in [0.1, 0.15) is 11.1 Å². The lowest BCUT2D eigenvalue weighted by Crippen LogP contribution is -2.07. The number of anilines is 1. The highest BCUT2D eigenvalue weighted by molar-refractivity contribution is 5.85. The number of hydrogen-bond donors (Lipinski definition) is 2. The fourth-order valence-electron chi connectivity index (χ4n) is 2.17. The molecule has 0 radical (unpaired) electrons. The summed E-state index contributed by atoms with van der Waals surface area (Å²) in [7, 11) is 0. The van der Waals surface area contributed by atoms with Crippen LogP contribution >= 0.6 is 0 Å². The van der Waals surface area contributed by atoms with Gasteiger partial charge in [-0.25, -0.2) is 15.0 Å². The van der Waals surface area contributed by atoms with Crippen LogP contribution in [0.3, 0.4) is 0 Å². The normalized spacial score (nSPS) is 10.7. The molecule has 1 aromatic carbocycles. The molecule has 3 aromatic rings. The lowest BCUT2D eigenvalue weighted by Gasteiger charge is -2.08. The molecule has 2 N–H and O–H groups in total. The van der Waals surface area contributed by atoms with E-state index in [-0.39, 0.29) is 6.61 Å². The predicted molar refractivity (Wildman–Crippen MR) is 81.9 cm³/mol. The van der Waals surface area contributed by atoms with E-state index < -0.39 is 0 Å². The van der Waals surface area contributed by atoms with Crippen LogP contribution in [0.2, 0.25) is 0 Å². The minimum Gasteiger partial charge on any atom is -0.392 e. The molecule has 2 heterocycles. The molecule has 0 fully saturated rings. The lowest BCUT2D eigenvalue weighted by atomic mass is 10.1. The van der Waals surface area contributed by atoms with Crippen molar-refractivity contribution in [2.45, 2.75) is 13.0 Å². The van der Waals surface area contributed by atoms with Crippen LogP contribution in [-0.4, -0.2) is 26.6 Å². The number of pyridine rings is 1. The van der Waals surface area contributed by atoms with Crippen LogP contribution in [0.4, 0.5) is 5.82 Å². The van der Waals surface area contributed by atoms with E-state index in [1.165, 1.54) is 11.9 Å². The molecule has 0 unspecified atom stereocenters. The maximum atomic E-state index is 9.02. The van der Waals surface area contributed by atoms with Gasteiger partial charge in [0.2, 0.25) is 0 Å². The van der Waals surface area contributed by atoms with Crippen LogP contribution in [0, 0.1) is 0 Å².